The van der Waals surface area contributed by atoms with Gasteiger partial charge in [-0.15, -0.1) is 0 Å². The Hall–Kier alpha value is -3.49. The molecule has 0 aliphatic heterocycles. The molecule has 36 heavy (non-hydrogen) atoms. The van der Waals surface area contributed by atoms with E-state index in [1.807, 2.05) is 6.07 Å². The molecule has 0 bridgehead atoms. The number of halogens is 2. The number of nitrogens with zero attached hydrogens (tertiary/aromatic N) is 2. The van der Waals surface area contributed by atoms with Gasteiger partial charge >= 0.3 is 12.0 Å². The Morgan fingerprint density at radius 2 is 1.81 bits per heavy atom. The lowest BCUT2D eigenvalue weighted by Gasteiger charge is -2.25. The van der Waals surface area contributed by atoms with E-state index < -0.39 is 17.6 Å². The summed E-state index contributed by atoms with van der Waals surface area (Å²) in [5.41, 5.74) is 1.47. The summed E-state index contributed by atoms with van der Waals surface area (Å²) in [6, 6.07) is 11.3. The van der Waals surface area contributed by atoms with Crippen molar-refractivity contribution in [2.75, 3.05) is 18.1 Å². The summed E-state index contributed by atoms with van der Waals surface area (Å²) in [6.45, 7) is 5.68. The van der Waals surface area contributed by atoms with Crippen LogP contribution in [0.1, 0.15) is 25.8 Å². The number of nitrogens with one attached hydrogen (secondary N) is 1. The SMILES string of the molecule is CCOC(=O)CCNC(=O)N(c1cccc(-c2ccc(Cl)c(Cl)c2)c1)c1c(O)c(C)cn(CC)c1=O. The number of hydrogen-bond donors (Lipinski definition) is 2. The highest BCUT2D eigenvalue weighted by atomic mass is 35.5. The van der Waals surface area contributed by atoms with E-state index in [9.17, 15) is 19.5 Å². The number of benzene rings is 2. The third-order valence-corrected chi connectivity index (χ3v) is 6.19. The van der Waals surface area contributed by atoms with Gasteiger partial charge in [0.05, 0.1) is 28.8 Å². The van der Waals surface area contributed by atoms with Crippen LogP contribution in [0.15, 0.2) is 53.5 Å². The molecule has 3 aromatic rings. The minimum atomic E-state index is -0.689. The highest BCUT2D eigenvalue weighted by Gasteiger charge is 2.27. The zero-order valence-electron chi connectivity index (χ0n) is 20.2. The van der Waals surface area contributed by atoms with Crippen LogP contribution in [0.25, 0.3) is 11.1 Å². The monoisotopic (exact) mass is 531 g/mol. The molecular weight excluding hydrogens is 505 g/mol. The standard InChI is InChI=1S/C26H27Cl2N3O5/c1-4-30-15-16(3)24(33)23(25(30)34)31(26(35)29-12-11-22(32)36-5-2)19-8-6-7-17(13-19)18-9-10-20(27)21(28)14-18/h6-10,13-15,33H,4-5,11-12H2,1-3H3,(H,29,35). The molecule has 0 atom stereocenters. The lowest BCUT2D eigenvalue weighted by molar-refractivity contribution is -0.142. The quantitative estimate of drug-likeness (QED) is 0.365. The van der Waals surface area contributed by atoms with Crippen molar-refractivity contribution >= 4 is 46.6 Å². The van der Waals surface area contributed by atoms with Gasteiger partial charge in [0.15, 0.2) is 5.69 Å². The molecule has 0 unspecified atom stereocenters. The minimum absolute atomic E-state index is 0.0187. The first-order valence-electron chi connectivity index (χ1n) is 11.4. The largest absolute Gasteiger partial charge is 0.505 e. The number of rotatable bonds is 8. The highest BCUT2D eigenvalue weighted by molar-refractivity contribution is 6.42. The fraction of sp³-hybridized carbons (Fsp3) is 0.269. The van der Waals surface area contributed by atoms with Gasteiger partial charge in [0.25, 0.3) is 5.56 Å². The Kier molecular flexibility index (Phi) is 9.01. The highest BCUT2D eigenvalue weighted by Crippen LogP contribution is 2.35. The lowest BCUT2D eigenvalue weighted by atomic mass is 10.0. The lowest BCUT2D eigenvalue weighted by Crippen LogP contribution is -2.41. The number of amides is 2. The number of urea groups is 1. The average molecular weight is 532 g/mol. The van der Waals surface area contributed by atoms with E-state index >= 15 is 0 Å². The van der Waals surface area contributed by atoms with Crippen molar-refractivity contribution in [3.05, 3.63) is 74.6 Å². The first kappa shape index (κ1) is 27.1. The molecule has 190 valence electrons. The molecular formula is C26H27Cl2N3O5. The maximum atomic E-state index is 13.4. The number of aromatic nitrogens is 1. The third kappa shape index (κ3) is 6.01. The van der Waals surface area contributed by atoms with Crippen LogP contribution in [0, 0.1) is 6.92 Å². The number of carbonyl (C=O) groups excluding carboxylic acids is 2. The topological polar surface area (TPSA) is 101 Å². The van der Waals surface area contributed by atoms with E-state index in [1.54, 1.807) is 57.2 Å². The molecule has 0 aliphatic rings. The van der Waals surface area contributed by atoms with E-state index in [1.165, 1.54) is 10.8 Å². The second-order valence-electron chi connectivity index (χ2n) is 7.90. The van der Waals surface area contributed by atoms with Gasteiger partial charge in [-0.2, -0.15) is 0 Å². The molecule has 0 radical (unpaired) electrons. The summed E-state index contributed by atoms with van der Waals surface area (Å²) in [6.07, 6.45) is 1.49. The van der Waals surface area contributed by atoms with Crippen molar-refractivity contribution in [3.63, 3.8) is 0 Å². The number of anilines is 2. The van der Waals surface area contributed by atoms with Crippen molar-refractivity contribution in [3.8, 4) is 16.9 Å². The molecule has 2 N–H and O–H groups in total. The van der Waals surface area contributed by atoms with Gasteiger partial charge in [0, 0.05) is 24.8 Å². The molecule has 2 aromatic carbocycles. The minimum Gasteiger partial charge on any atom is -0.505 e. The number of hydrogen-bond acceptors (Lipinski definition) is 5. The van der Waals surface area contributed by atoms with Gasteiger partial charge in [-0.25, -0.2) is 4.79 Å². The van der Waals surface area contributed by atoms with Crippen LogP contribution in [0.4, 0.5) is 16.2 Å². The molecule has 8 nitrogen and oxygen atoms in total. The van der Waals surface area contributed by atoms with Crippen molar-refractivity contribution in [1.82, 2.24) is 9.88 Å². The molecule has 1 aromatic heterocycles. The van der Waals surface area contributed by atoms with Crippen LogP contribution in [-0.2, 0) is 16.1 Å². The van der Waals surface area contributed by atoms with Gasteiger partial charge in [-0.3, -0.25) is 14.5 Å². The Bertz CT molecular complexity index is 1340. The van der Waals surface area contributed by atoms with Gasteiger partial charge < -0.3 is 19.7 Å². The van der Waals surface area contributed by atoms with Crippen LogP contribution < -0.4 is 15.8 Å². The molecule has 2 amide bonds. The molecule has 1 heterocycles. The zero-order chi connectivity index (χ0) is 26.4. The Labute approximate surface area is 219 Å². The number of aromatic hydroxyl groups is 1. The van der Waals surface area contributed by atoms with Crippen LogP contribution in [0.3, 0.4) is 0 Å². The van der Waals surface area contributed by atoms with Gasteiger partial charge in [0.2, 0.25) is 0 Å². The second-order valence-corrected chi connectivity index (χ2v) is 8.72. The van der Waals surface area contributed by atoms with Crippen LogP contribution >= 0.6 is 23.2 Å². The fourth-order valence-corrected chi connectivity index (χ4v) is 3.94. The van der Waals surface area contributed by atoms with Gasteiger partial charge in [-0.1, -0.05) is 41.4 Å². The predicted octanol–water partition coefficient (Wildman–Crippen LogP) is 5.66. The molecule has 10 heteroatoms. The van der Waals surface area contributed by atoms with E-state index in [-0.39, 0.29) is 31.0 Å². The van der Waals surface area contributed by atoms with E-state index in [0.717, 1.165) is 10.5 Å². The summed E-state index contributed by atoms with van der Waals surface area (Å²) in [5, 5.41) is 14.3. The molecule has 0 fully saturated rings. The zero-order valence-corrected chi connectivity index (χ0v) is 21.7. The third-order valence-electron chi connectivity index (χ3n) is 5.45. The van der Waals surface area contributed by atoms with Gasteiger partial charge in [0.1, 0.15) is 5.75 Å². The van der Waals surface area contributed by atoms with Crippen molar-refractivity contribution in [2.45, 2.75) is 33.7 Å². The first-order valence-corrected chi connectivity index (χ1v) is 12.2. The summed E-state index contributed by atoms with van der Waals surface area (Å²) in [4.78, 5) is 39.5. The maximum Gasteiger partial charge on any atom is 0.326 e. The summed E-state index contributed by atoms with van der Waals surface area (Å²) >= 11 is 12.2. The van der Waals surface area contributed by atoms with Crippen LogP contribution in [0.5, 0.6) is 5.75 Å². The van der Waals surface area contributed by atoms with Gasteiger partial charge in [-0.05, 0) is 56.2 Å². The van der Waals surface area contributed by atoms with Crippen molar-refractivity contribution in [2.24, 2.45) is 0 Å². The second kappa shape index (κ2) is 12.0. The normalized spacial score (nSPS) is 10.7. The smallest absolute Gasteiger partial charge is 0.326 e. The molecule has 3 rings (SSSR count). The number of ether oxygens (including phenoxy) is 1. The van der Waals surface area contributed by atoms with Crippen molar-refractivity contribution < 1.29 is 19.4 Å². The number of aryl methyl sites for hydroxylation is 2. The summed E-state index contributed by atoms with van der Waals surface area (Å²) in [7, 11) is 0. The van der Waals surface area contributed by atoms with Crippen LogP contribution in [-0.4, -0.2) is 34.8 Å². The average Bonchev–Trinajstić information content (AvgIpc) is 2.85. The number of esters is 1. The van der Waals surface area contributed by atoms with E-state index in [0.29, 0.717) is 33.4 Å². The maximum absolute atomic E-state index is 13.4. The predicted molar refractivity (Wildman–Crippen MR) is 141 cm³/mol. The Morgan fingerprint density at radius 1 is 1.08 bits per heavy atom. The summed E-state index contributed by atoms with van der Waals surface area (Å²) < 4.78 is 6.31. The van der Waals surface area contributed by atoms with E-state index in [2.05, 4.69) is 5.32 Å². The molecule has 0 saturated heterocycles. The Balaban J connectivity index is 2.10. The fourth-order valence-electron chi connectivity index (χ4n) is 3.65. The van der Waals surface area contributed by atoms with Crippen molar-refractivity contribution in [1.29, 1.82) is 0 Å². The first-order chi connectivity index (χ1) is 17.2. The molecule has 0 saturated carbocycles. The summed E-state index contributed by atoms with van der Waals surface area (Å²) in [5.74, 6) is -0.775. The molecule has 0 spiro atoms. The number of pyridine rings is 1. The van der Waals surface area contributed by atoms with E-state index in [4.69, 9.17) is 27.9 Å². The van der Waals surface area contributed by atoms with Crippen LogP contribution in [0.2, 0.25) is 10.0 Å². The number of carbonyl (C=O) groups is 2. The Morgan fingerprint density at radius 3 is 2.47 bits per heavy atom. The molecule has 0 aliphatic carbocycles.